The van der Waals surface area contributed by atoms with Crippen LogP contribution < -0.4 is 16.0 Å². The molecule has 0 radical (unpaired) electrons. The lowest BCUT2D eigenvalue weighted by atomic mass is 9.64. The van der Waals surface area contributed by atoms with Crippen molar-refractivity contribution in [2.24, 2.45) is 11.3 Å². The number of rotatable bonds is 2. The largest absolute Gasteiger partial charge is 0.398 e. The highest BCUT2D eigenvalue weighted by molar-refractivity contribution is 6.10. The fourth-order valence-electron chi connectivity index (χ4n) is 5.78. The Morgan fingerprint density at radius 2 is 2.00 bits per heavy atom. The van der Waals surface area contributed by atoms with E-state index in [1.165, 1.54) is 0 Å². The fourth-order valence-corrected chi connectivity index (χ4v) is 5.78. The summed E-state index contributed by atoms with van der Waals surface area (Å²) in [5.74, 6) is -0.184. The summed E-state index contributed by atoms with van der Waals surface area (Å²) >= 11 is 0. The van der Waals surface area contributed by atoms with E-state index >= 15 is 0 Å². The van der Waals surface area contributed by atoms with Gasteiger partial charge in [-0.1, -0.05) is 26.8 Å². The van der Waals surface area contributed by atoms with Gasteiger partial charge in [0.1, 0.15) is 12.1 Å². The van der Waals surface area contributed by atoms with Crippen LogP contribution in [0.5, 0.6) is 0 Å². The van der Waals surface area contributed by atoms with E-state index in [9.17, 15) is 14.4 Å². The Hall–Kier alpha value is -2.28. The molecule has 1 saturated heterocycles. The second-order valence-electron chi connectivity index (χ2n) is 9.75. The second kappa shape index (κ2) is 7.76. The van der Waals surface area contributed by atoms with Crippen LogP contribution in [0.2, 0.25) is 0 Å². The first kappa shape index (κ1) is 22.4. The highest BCUT2D eigenvalue weighted by Crippen LogP contribution is 2.46. The van der Waals surface area contributed by atoms with Crippen LogP contribution in [0, 0.1) is 11.3 Å². The van der Waals surface area contributed by atoms with E-state index in [4.69, 9.17) is 5.73 Å². The predicted octanol–water partition coefficient (Wildman–Crippen LogP) is 3.11. The lowest BCUT2D eigenvalue weighted by Crippen LogP contribution is -2.54. The van der Waals surface area contributed by atoms with Gasteiger partial charge in [-0.25, -0.2) is 4.79 Å². The molecule has 0 bridgehead atoms. The molecule has 1 aliphatic carbocycles. The standard InChI is InChI=1S/C22H30N4O3.ClH/c1-14-10-21(2,3)13-22(11-14)19(28)26(20(29)24-22)12-18(27)25-9-5-6-15-16(23)7-4-8-17(15)25;/h4,7-8,14H,5-6,9-13,23H2,1-3H3,(H,24,29);1H. The number of amides is 4. The third-order valence-corrected chi connectivity index (χ3v) is 6.51. The number of hydrogen-bond acceptors (Lipinski definition) is 4. The van der Waals surface area contributed by atoms with Crippen LogP contribution in [0.1, 0.15) is 52.0 Å². The van der Waals surface area contributed by atoms with Crippen molar-refractivity contribution < 1.29 is 14.4 Å². The van der Waals surface area contributed by atoms with Crippen LogP contribution in [0.15, 0.2) is 18.2 Å². The Balaban J connectivity index is 0.00000256. The van der Waals surface area contributed by atoms with Crippen LogP contribution in [0.25, 0.3) is 0 Å². The molecule has 164 valence electrons. The molecule has 1 spiro atoms. The van der Waals surface area contributed by atoms with E-state index in [0.29, 0.717) is 31.0 Å². The van der Waals surface area contributed by atoms with E-state index in [2.05, 4.69) is 26.1 Å². The van der Waals surface area contributed by atoms with E-state index in [1.54, 1.807) is 4.90 Å². The molecule has 2 atom stereocenters. The number of nitrogens with two attached hydrogens (primary N) is 1. The first-order chi connectivity index (χ1) is 13.6. The number of carbonyl (C=O) groups is 3. The van der Waals surface area contributed by atoms with Crippen LogP contribution in [0.4, 0.5) is 16.2 Å². The van der Waals surface area contributed by atoms with Crippen molar-refractivity contribution in [2.45, 2.75) is 58.4 Å². The summed E-state index contributed by atoms with van der Waals surface area (Å²) in [5.41, 5.74) is 7.58. The summed E-state index contributed by atoms with van der Waals surface area (Å²) < 4.78 is 0. The molecular weight excluding hydrogens is 404 g/mol. The number of imide groups is 1. The van der Waals surface area contributed by atoms with Gasteiger partial charge in [-0.3, -0.25) is 14.5 Å². The number of anilines is 2. The van der Waals surface area contributed by atoms with Crippen LogP contribution in [-0.2, 0) is 16.0 Å². The summed E-state index contributed by atoms with van der Waals surface area (Å²) in [6, 6.07) is 5.08. The summed E-state index contributed by atoms with van der Waals surface area (Å²) in [4.78, 5) is 41.9. The first-order valence-corrected chi connectivity index (χ1v) is 10.4. The number of nitrogen functional groups attached to an aromatic ring is 1. The van der Waals surface area contributed by atoms with Crippen molar-refractivity contribution in [2.75, 3.05) is 23.7 Å². The third-order valence-electron chi connectivity index (χ3n) is 6.51. The number of carbonyl (C=O) groups excluding carboxylic acids is 3. The van der Waals surface area contributed by atoms with Gasteiger partial charge in [0.05, 0.1) is 0 Å². The minimum Gasteiger partial charge on any atom is -0.398 e. The van der Waals surface area contributed by atoms with Crippen LogP contribution in [0.3, 0.4) is 0 Å². The van der Waals surface area contributed by atoms with Gasteiger partial charge in [0.2, 0.25) is 5.91 Å². The van der Waals surface area contributed by atoms with Gasteiger partial charge >= 0.3 is 6.03 Å². The van der Waals surface area contributed by atoms with E-state index < -0.39 is 11.6 Å². The van der Waals surface area contributed by atoms with Crippen LogP contribution in [-0.4, -0.2) is 41.4 Å². The summed E-state index contributed by atoms with van der Waals surface area (Å²) in [7, 11) is 0. The normalized spacial score (nSPS) is 27.5. The summed E-state index contributed by atoms with van der Waals surface area (Å²) in [5, 5.41) is 2.94. The average Bonchev–Trinajstić information content (AvgIpc) is 2.83. The Morgan fingerprint density at radius 3 is 2.70 bits per heavy atom. The summed E-state index contributed by atoms with van der Waals surface area (Å²) in [6.07, 6.45) is 3.87. The van der Waals surface area contributed by atoms with Gasteiger partial charge in [0.15, 0.2) is 0 Å². The minimum absolute atomic E-state index is 0. The smallest absolute Gasteiger partial charge is 0.325 e. The molecule has 8 heteroatoms. The summed E-state index contributed by atoms with van der Waals surface area (Å²) in [6.45, 7) is 6.70. The lowest BCUT2D eigenvalue weighted by Gasteiger charge is -2.43. The van der Waals surface area contributed by atoms with Crippen molar-refractivity contribution in [3.05, 3.63) is 23.8 Å². The first-order valence-electron chi connectivity index (χ1n) is 10.4. The Morgan fingerprint density at radius 1 is 1.27 bits per heavy atom. The van der Waals surface area contributed by atoms with Gasteiger partial charge in [-0.05, 0) is 61.1 Å². The minimum atomic E-state index is -0.886. The number of nitrogens with one attached hydrogen (secondary N) is 1. The number of benzene rings is 1. The van der Waals surface area contributed by atoms with Gasteiger partial charge in [-0.15, -0.1) is 12.4 Å². The molecule has 1 aromatic rings. The lowest BCUT2D eigenvalue weighted by molar-refractivity contribution is -0.137. The highest BCUT2D eigenvalue weighted by atomic mass is 35.5. The van der Waals surface area contributed by atoms with Gasteiger partial charge in [0.25, 0.3) is 5.91 Å². The van der Waals surface area contributed by atoms with E-state index in [1.807, 2.05) is 18.2 Å². The number of halogens is 1. The molecule has 2 heterocycles. The van der Waals surface area contributed by atoms with Crippen LogP contribution >= 0.6 is 12.4 Å². The molecular formula is C22H31ClN4O3. The predicted molar refractivity (Wildman–Crippen MR) is 119 cm³/mol. The Kier molecular flexibility index (Phi) is 5.80. The topological polar surface area (TPSA) is 95.7 Å². The maximum Gasteiger partial charge on any atom is 0.325 e. The maximum atomic E-state index is 13.3. The molecule has 4 rings (SSSR count). The molecule has 1 aromatic carbocycles. The molecule has 0 aromatic heterocycles. The molecule has 3 N–H and O–H groups in total. The van der Waals surface area contributed by atoms with E-state index in [0.717, 1.165) is 35.4 Å². The molecule has 7 nitrogen and oxygen atoms in total. The monoisotopic (exact) mass is 434 g/mol. The number of urea groups is 1. The number of fused-ring (bicyclic) bond motifs is 1. The van der Waals surface area contributed by atoms with Crippen molar-refractivity contribution >= 4 is 41.6 Å². The zero-order valence-corrected chi connectivity index (χ0v) is 18.7. The van der Waals surface area contributed by atoms with Gasteiger partial charge < -0.3 is 16.0 Å². The van der Waals surface area contributed by atoms with Crippen molar-refractivity contribution in [3.8, 4) is 0 Å². The van der Waals surface area contributed by atoms with Crippen molar-refractivity contribution in [3.63, 3.8) is 0 Å². The maximum absolute atomic E-state index is 13.3. The average molecular weight is 435 g/mol. The molecule has 4 amide bonds. The second-order valence-corrected chi connectivity index (χ2v) is 9.75. The van der Waals surface area contributed by atoms with Crippen molar-refractivity contribution in [1.29, 1.82) is 0 Å². The SMILES string of the molecule is CC1CC(C)(C)CC2(C1)NC(=O)N(CC(=O)N1CCCc3c(N)cccc31)C2=O.Cl. The molecule has 2 unspecified atom stereocenters. The Labute approximate surface area is 183 Å². The van der Waals surface area contributed by atoms with Crippen molar-refractivity contribution in [1.82, 2.24) is 10.2 Å². The quantitative estimate of drug-likeness (QED) is 0.552. The zero-order valence-electron chi connectivity index (χ0n) is 17.9. The molecule has 30 heavy (non-hydrogen) atoms. The van der Waals surface area contributed by atoms with Gasteiger partial charge in [0, 0.05) is 17.9 Å². The molecule has 2 aliphatic heterocycles. The zero-order chi connectivity index (χ0) is 21.0. The van der Waals surface area contributed by atoms with E-state index in [-0.39, 0.29) is 36.2 Å². The fraction of sp³-hybridized carbons (Fsp3) is 0.591. The number of nitrogens with zero attached hydrogens (tertiary/aromatic N) is 2. The molecule has 2 fully saturated rings. The number of hydrogen-bond donors (Lipinski definition) is 2. The third kappa shape index (κ3) is 3.75. The highest BCUT2D eigenvalue weighted by Gasteiger charge is 2.56. The van der Waals surface area contributed by atoms with Gasteiger partial charge in [-0.2, -0.15) is 0 Å². The molecule has 3 aliphatic rings. The molecule has 1 saturated carbocycles. The Bertz CT molecular complexity index is 887.